The Labute approximate surface area is 243 Å². The van der Waals surface area contributed by atoms with E-state index in [9.17, 15) is 26.4 Å². The molecule has 8 nitrogen and oxygen atoms in total. The Kier molecular flexibility index (Phi) is 10.1. The third kappa shape index (κ3) is 8.65. The number of carbonyl (C=O) groups excluding carboxylic acids is 2. The van der Waals surface area contributed by atoms with Gasteiger partial charge in [0.25, 0.3) is 31.9 Å². The zero-order valence-electron chi connectivity index (χ0n) is 21.3. The predicted molar refractivity (Wildman–Crippen MR) is 155 cm³/mol. The van der Waals surface area contributed by atoms with Crippen molar-refractivity contribution in [3.8, 4) is 0 Å². The van der Waals surface area contributed by atoms with Crippen molar-refractivity contribution >= 4 is 55.1 Å². The lowest BCUT2D eigenvalue weighted by Gasteiger charge is -2.07. The Balaban J connectivity index is 0.000000220. The van der Waals surface area contributed by atoms with E-state index in [0.29, 0.717) is 10.0 Å². The lowest BCUT2D eigenvalue weighted by atomic mass is 10.2. The lowest BCUT2D eigenvalue weighted by molar-refractivity contribution is 0.0972. The number of benzene rings is 4. The van der Waals surface area contributed by atoms with Crippen molar-refractivity contribution in [2.75, 3.05) is 0 Å². The summed E-state index contributed by atoms with van der Waals surface area (Å²) < 4.78 is 52.2. The van der Waals surface area contributed by atoms with E-state index in [0.717, 1.165) is 11.1 Å². The first-order valence-corrected chi connectivity index (χ1v) is 15.3. The van der Waals surface area contributed by atoms with Crippen LogP contribution in [-0.2, 0) is 20.0 Å². The number of carbonyl (C=O) groups is 2. The smallest absolute Gasteiger partial charge is 0.264 e. The molecule has 0 aliphatic heterocycles. The van der Waals surface area contributed by atoms with E-state index >= 15 is 0 Å². The summed E-state index contributed by atoms with van der Waals surface area (Å²) in [7, 11) is -7.73. The number of hydrogen-bond donors (Lipinski definition) is 2. The van der Waals surface area contributed by atoms with Crippen LogP contribution in [0.15, 0.2) is 107 Å². The highest BCUT2D eigenvalue weighted by atomic mass is 35.5. The van der Waals surface area contributed by atoms with Crippen LogP contribution in [0.4, 0.5) is 0 Å². The molecular weight excluding hydrogens is 595 g/mol. The minimum Gasteiger partial charge on any atom is -0.268 e. The maximum atomic E-state index is 12.0. The number of aryl methyl sites for hydroxylation is 2. The third-order valence-electron chi connectivity index (χ3n) is 5.33. The number of halogens is 2. The number of rotatable bonds is 6. The first-order valence-electron chi connectivity index (χ1n) is 11.6. The number of nitrogens with one attached hydrogen (secondary N) is 2. The van der Waals surface area contributed by atoms with Gasteiger partial charge in [0.05, 0.1) is 9.79 Å². The summed E-state index contributed by atoms with van der Waals surface area (Å²) in [6, 6.07) is 24.4. The summed E-state index contributed by atoms with van der Waals surface area (Å²) in [5.41, 5.74) is 2.33. The van der Waals surface area contributed by atoms with E-state index in [1.807, 2.05) is 23.3 Å². The fraction of sp³-hybridized carbons (Fsp3) is 0.0714. The molecule has 0 aromatic heterocycles. The lowest BCUT2D eigenvalue weighted by Crippen LogP contribution is -2.30. The maximum Gasteiger partial charge on any atom is 0.264 e. The molecule has 208 valence electrons. The normalized spacial score (nSPS) is 11.1. The Morgan fingerprint density at radius 2 is 0.775 bits per heavy atom. The molecule has 0 fully saturated rings. The van der Waals surface area contributed by atoms with E-state index in [1.54, 1.807) is 24.3 Å². The highest BCUT2D eigenvalue weighted by Crippen LogP contribution is 2.14. The van der Waals surface area contributed by atoms with Crippen molar-refractivity contribution in [2.24, 2.45) is 0 Å². The van der Waals surface area contributed by atoms with Crippen molar-refractivity contribution < 1.29 is 26.4 Å². The zero-order valence-corrected chi connectivity index (χ0v) is 24.4. The number of amides is 2. The monoisotopic (exact) mass is 618 g/mol. The second-order valence-electron chi connectivity index (χ2n) is 8.51. The summed E-state index contributed by atoms with van der Waals surface area (Å²) >= 11 is 11.4. The molecule has 12 heteroatoms. The van der Waals surface area contributed by atoms with Crippen LogP contribution in [0.5, 0.6) is 0 Å². The molecule has 4 aromatic rings. The minimum absolute atomic E-state index is 0.0467. The van der Waals surface area contributed by atoms with E-state index < -0.39 is 31.9 Å². The van der Waals surface area contributed by atoms with Crippen molar-refractivity contribution in [1.29, 1.82) is 0 Å². The van der Waals surface area contributed by atoms with Crippen LogP contribution >= 0.6 is 23.2 Å². The van der Waals surface area contributed by atoms with Crippen molar-refractivity contribution in [3.05, 3.63) is 129 Å². The topological polar surface area (TPSA) is 126 Å². The maximum absolute atomic E-state index is 12.0. The molecule has 0 spiro atoms. The highest BCUT2D eigenvalue weighted by Gasteiger charge is 2.19. The molecule has 0 saturated carbocycles. The molecule has 4 aromatic carbocycles. The van der Waals surface area contributed by atoms with Gasteiger partial charge >= 0.3 is 0 Å². The summed E-state index contributed by atoms with van der Waals surface area (Å²) in [5.74, 6) is -1.38. The second kappa shape index (κ2) is 13.1. The predicted octanol–water partition coefficient (Wildman–Crippen LogP) is 5.53. The molecule has 0 unspecified atom stereocenters. The standard InChI is InChI=1S/2C14H12ClNO3S/c2*1-10-2-8-13(9-3-10)20(18,19)16-14(17)11-4-6-12(15)7-5-11/h2*2-9H,1H3,(H,16,17). The van der Waals surface area contributed by atoms with Gasteiger partial charge < -0.3 is 0 Å². The molecule has 0 radical (unpaired) electrons. The van der Waals surface area contributed by atoms with Crippen molar-refractivity contribution in [1.82, 2.24) is 9.44 Å². The fourth-order valence-corrected chi connectivity index (χ4v) is 5.32. The SMILES string of the molecule is Cc1ccc(S(=O)(=O)NC(=O)c2ccc(Cl)cc2)cc1.Cc1ccc(S(=O)(=O)NC(=O)c2ccc(Cl)cc2)cc1. The van der Waals surface area contributed by atoms with E-state index in [1.165, 1.54) is 72.8 Å². The van der Waals surface area contributed by atoms with Gasteiger partial charge in [0.1, 0.15) is 0 Å². The van der Waals surface area contributed by atoms with Gasteiger partial charge in [0.2, 0.25) is 0 Å². The molecule has 0 atom stereocenters. The Bertz CT molecular complexity index is 1580. The molecule has 40 heavy (non-hydrogen) atoms. The Hall–Kier alpha value is -3.70. The second-order valence-corrected chi connectivity index (χ2v) is 12.7. The highest BCUT2D eigenvalue weighted by molar-refractivity contribution is 7.90. The third-order valence-corrected chi connectivity index (χ3v) is 8.53. The number of hydrogen-bond acceptors (Lipinski definition) is 6. The molecule has 2 N–H and O–H groups in total. The largest absolute Gasteiger partial charge is 0.268 e. The van der Waals surface area contributed by atoms with Crippen molar-refractivity contribution in [2.45, 2.75) is 23.6 Å². The molecule has 0 aliphatic carbocycles. The molecule has 0 saturated heterocycles. The molecule has 0 aliphatic rings. The average molecular weight is 620 g/mol. The van der Waals surface area contributed by atoms with Crippen LogP contribution in [-0.4, -0.2) is 28.6 Å². The summed E-state index contributed by atoms with van der Waals surface area (Å²) in [4.78, 5) is 23.9. The molecule has 0 bridgehead atoms. The minimum atomic E-state index is -3.87. The molecule has 0 heterocycles. The Morgan fingerprint density at radius 1 is 0.500 bits per heavy atom. The van der Waals surface area contributed by atoms with Crippen molar-refractivity contribution in [3.63, 3.8) is 0 Å². The number of sulfonamides is 2. The van der Waals surface area contributed by atoms with Crippen LogP contribution in [0.1, 0.15) is 31.8 Å². The van der Waals surface area contributed by atoms with Gasteiger partial charge in [-0.15, -0.1) is 0 Å². The first kappa shape index (κ1) is 30.8. The van der Waals surface area contributed by atoms with E-state index in [2.05, 4.69) is 0 Å². The zero-order chi connectivity index (χ0) is 29.5. The van der Waals surface area contributed by atoms with Crippen LogP contribution in [0.3, 0.4) is 0 Å². The van der Waals surface area contributed by atoms with Crippen LogP contribution in [0.2, 0.25) is 10.0 Å². The Morgan fingerprint density at radius 3 is 1.05 bits per heavy atom. The van der Waals surface area contributed by atoms with Gasteiger partial charge in [-0.25, -0.2) is 26.3 Å². The first-order chi connectivity index (χ1) is 18.8. The van der Waals surface area contributed by atoms with Crippen LogP contribution in [0.25, 0.3) is 0 Å². The van der Waals surface area contributed by atoms with Gasteiger partial charge in [0, 0.05) is 21.2 Å². The molecular formula is C28H24Cl2N2O6S2. The van der Waals surface area contributed by atoms with Gasteiger partial charge in [0.15, 0.2) is 0 Å². The van der Waals surface area contributed by atoms with E-state index in [4.69, 9.17) is 23.2 Å². The summed E-state index contributed by atoms with van der Waals surface area (Å²) in [5, 5.41) is 0.950. The van der Waals surface area contributed by atoms with Gasteiger partial charge in [-0.1, -0.05) is 58.6 Å². The summed E-state index contributed by atoms with van der Waals surface area (Å²) in [6.45, 7) is 3.70. The quantitative estimate of drug-likeness (QED) is 0.292. The van der Waals surface area contributed by atoms with E-state index in [-0.39, 0.29) is 20.9 Å². The fourth-order valence-electron chi connectivity index (χ4n) is 3.12. The van der Waals surface area contributed by atoms with Crippen LogP contribution < -0.4 is 9.44 Å². The average Bonchev–Trinajstić information content (AvgIpc) is 2.90. The van der Waals surface area contributed by atoms with Gasteiger partial charge in [-0.3, -0.25) is 9.59 Å². The summed E-state index contributed by atoms with van der Waals surface area (Å²) in [6.07, 6.45) is 0. The molecule has 4 rings (SSSR count). The van der Waals surface area contributed by atoms with Gasteiger partial charge in [-0.2, -0.15) is 0 Å². The van der Waals surface area contributed by atoms with Gasteiger partial charge in [-0.05, 0) is 86.6 Å². The van der Waals surface area contributed by atoms with Crippen LogP contribution in [0, 0.1) is 13.8 Å². The molecule has 2 amide bonds.